The Labute approximate surface area is 107 Å². The number of hydrogen-bond acceptors (Lipinski definition) is 3. The Morgan fingerprint density at radius 2 is 2.06 bits per heavy atom. The summed E-state index contributed by atoms with van der Waals surface area (Å²) in [4.78, 5) is 4.15. The maximum absolute atomic E-state index is 5.99. The molecule has 3 nitrogen and oxygen atoms in total. The Bertz CT molecular complexity index is 578. The Morgan fingerprint density at radius 3 is 2.89 bits per heavy atom. The zero-order valence-corrected chi connectivity index (χ0v) is 10.3. The minimum absolute atomic E-state index is 0.312. The monoisotopic (exact) mass is 239 g/mol. The minimum Gasteiger partial charge on any atom is -0.398 e. The second-order valence-electron chi connectivity index (χ2n) is 4.95. The van der Waals surface area contributed by atoms with Crippen LogP contribution >= 0.6 is 0 Å². The lowest BCUT2D eigenvalue weighted by molar-refractivity contribution is 0.577. The van der Waals surface area contributed by atoms with Crippen LogP contribution in [-0.2, 0) is 12.8 Å². The average Bonchev–Trinajstić information content (AvgIpc) is 2.39. The highest BCUT2D eigenvalue weighted by Crippen LogP contribution is 2.29. The Kier molecular flexibility index (Phi) is 2.76. The fourth-order valence-corrected chi connectivity index (χ4v) is 2.60. The van der Waals surface area contributed by atoms with Crippen molar-refractivity contribution in [2.24, 2.45) is 5.73 Å². The van der Waals surface area contributed by atoms with Crippen LogP contribution in [0.3, 0.4) is 0 Å². The van der Waals surface area contributed by atoms with Gasteiger partial charge in [-0.25, -0.2) is 0 Å². The zero-order valence-electron chi connectivity index (χ0n) is 10.3. The van der Waals surface area contributed by atoms with Crippen molar-refractivity contribution in [3.63, 3.8) is 0 Å². The molecule has 92 valence electrons. The van der Waals surface area contributed by atoms with Gasteiger partial charge >= 0.3 is 0 Å². The molecule has 1 atom stereocenters. The Hall–Kier alpha value is -1.87. The first-order valence-electron chi connectivity index (χ1n) is 6.31. The molecule has 4 N–H and O–H groups in total. The number of nitrogens with two attached hydrogens (primary N) is 2. The van der Waals surface area contributed by atoms with E-state index >= 15 is 0 Å². The molecule has 3 heteroatoms. The van der Waals surface area contributed by atoms with E-state index in [1.165, 1.54) is 11.1 Å². The summed E-state index contributed by atoms with van der Waals surface area (Å²) >= 11 is 0. The standard InChI is InChI=1S/C15H17N3/c16-13-4-3-10-7-12(2-1-11(10)8-13)14-9-18-6-5-15(14)17/h1-2,5-7,9,13H,3-4,8,16H2,(H2,17,18). The molecule has 1 unspecified atom stereocenters. The first kappa shape index (κ1) is 11.2. The van der Waals surface area contributed by atoms with E-state index < -0.39 is 0 Å². The van der Waals surface area contributed by atoms with Crippen molar-refractivity contribution in [3.8, 4) is 11.1 Å². The predicted octanol–water partition coefficient (Wildman–Crippen LogP) is 2.15. The third-order valence-corrected chi connectivity index (χ3v) is 3.64. The van der Waals surface area contributed by atoms with Crippen LogP contribution in [0.2, 0.25) is 0 Å². The predicted molar refractivity (Wildman–Crippen MR) is 74.1 cm³/mol. The maximum atomic E-state index is 5.99. The largest absolute Gasteiger partial charge is 0.398 e. The molecule has 3 rings (SSSR count). The van der Waals surface area contributed by atoms with Crippen LogP contribution in [0.4, 0.5) is 5.69 Å². The van der Waals surface area contributed by atoms with E-state index in [4.69, 9.17) is 11.5 Å². The molecule has 1 heterocycles. The molecule has 0 amide bonds. The van der Waals surface area contributed by atoms with Crippen LogP contribution in [0.5, 0.6) is 0 Å². The molecule has 0 saturated carbocycles. The number of benzene rings is 1. The van der Waals surface area contributed by atoms with Crippen LogP contribution in [0.15, 0.2) is 36.7 Å². The highest BCUT2D eigenvalue weighted by molar-refractivity contribution is 5.75. The topological polar surface area (TPSA) is 64.9 Å². The van der Waals surface area contributed by atoms with E-state index in [2.05, 4.69) is 23.2 Å². The average molecular weight is 239 g/mol. The third-order valence-electron chi connectivity index (χ3n) is 3.64. The first-order chi connectivity index (χ1) is 8.74. The third kappa shape index (κ3) is 1.97. The molecule has 1 aromatic heterocycles. The molecule has 18 heavy (non-hydrogen) atoms. The van der Waals surface area contributed by atoms with E-state index in [1.54, 1.807) is 6.20 Å². The van der Waals surface area contributed by atoms with Gasteiger partial charge in [0.15, 0.2) is 0 Å². The van der Waals surface area contributed by atoms with Gasteiger partial charge < -0.3 is 11.5 Å². The smallest absolute Gasteiger partial charge is 0.0424 e. The van der Waals surface area contributed by atoms with Crippen LogP contribution < -0.4 is 11.5 Å². The summed E-state index contributed by atoms with van der Waals surface area (Å²) in [7, 11) is 0. The van der Waals surface area contributed by atoms with Gasteiger partial charge in [0.05, 0.1) is 0 Å². The molecule has 2 aromatic rings. The minimum atomic E-state index is 0.312. The van der Waals surface area contributed by atoms with Crippen LogP contribution in [0.1, 0.15) is 17.5 Å². The number of rotatable bonds is 1. The van der Waals surface area contributed by atoms with E-state index in [1.807, 2.05) is 12.3 Å². The van der Waals surface area contributed by atoms with Gasteiger partial charge in [-0.05, 0) is 42.0 Å². The van der Waals surface area contributed by atoms with Crippen LogP contribution in [-0.4, -0.2) is 11.0 Å². The summed E-state index contributed by atoms with van der Waals surface area (Å²) in [5.41, 5.74) is 17.7. The molecular formula is C15H17N3. The summed E-state index contributed by atoms with van der Waals surface area (Å²) in [6.45, 7) is 0. The van der Waals surface area contributed by atoms with Crippen LogP contribution in [0, 0.1) is 0 Å². The molecule has 1 aliphatic rings. The highest BCUT2D eigenvalue weighted by atomic mass is 14.7. The van der Waals surface area contributed by atoms with Gasteiger partial charge in [-0.15, -0.1) is 0 Å². The summed E-state index contributed by atoms with van der Waals surface area (Å²) in [6.07, 6.45) is 6.66. The fraction of sp³-hybridized carbons (Fsp3) is 0.267. The molecular weight excluding hydrogens is 222 g/mol. The van der Waals surface area contributed by atoms with Gasteiger partial charge in [0.1, 0.15) is 0 Å². The van der Waals surface area contributed by atoms with Crippen molar-refractivity contribution in [2.75, 3.05) is 5.73 Å². The number of anilines is 1. The second kappa shape index (κ2) is 4.42. The Morgan fingerprint density at radius 1 is 1.17 bits per heavy atom. The van der Waals surface area contributed by atoms with Crippen molar-refractivity contribution in [1.29, 1.82) is 0 Å². The number of nitrogens with zero attached hydrogens (tertiary/aromatic N) is 1. The first-order valence-corrected chi connectivity index (χ1v) is 6.31. The van der Waals surface area contributed by atoms with E-state index in [0.29, 0.717) is 6.04 Å². The number of hydrogen-bond donors (Lipinski definition) is 2. The summed E-state index contributed by atoms with van der Waals surface area (Å²) in [6, 6.07) is 8.67. The molecule has 0 saturated heterocycles. The van der Waals surface area contributed by atoms with Gasteiger partial charge in [-0.3, -0.25) is 4.98 Å². The number of aromatic nitrogens is 1. The van der Waals surface area contributed by atoms with Gasteiger partial charge in [-0.2, -0.15) is 0 Å². The molecule has 0 aliphatic heterocycles. The fourth-order valence-electron chi connectivity index (χ4n) is 2.60. The van der Waals surface area contributed by atoms with Gasteiger partial charge in [0.2, 0.25) is 0 Å². The lowest BCUT2D eigenvalue weighted by atomic mass is 9.87. The molecule has 0 spiro atoms. The van der Waals surface area contributed by atoms with Gasteiger partial charge in [-0.1, -0.05) is 18.2 Å². The molecule has 1 aromatic carbocycles. The van der Waals surface area contributed by atoms with E-state index in [-0.39, 0.29) is 0 Å². The number of nitrogen functional groups attached to an aromatic ring is 1. The van der Waals surface area contributed by atoms with Gasteiger partial charge in [0, 0.05) is 29.7 Å². The molecule has 0 bridgehead atoms. The van der Waals surface area contributed by atoms with Crippen molar-refractivity contribution in [2.45, 2.75) is 25.3 Å². The summed E-state index contributed by atoms with van der Waals surface area (Å²) in [5, 5.41) is 0. The number of aryl methyl sites for hydroxylation is 1. The van der Waals surface area contributed by atoms with Crippen molar-refractivity contribution < 1.29 is 0 Å². The zero-order chi connectivity index (χ0) is 12.5. The molecule has 1 aliphatic carbocycles. The normalized spacial score (nSPS) is 18.4. The highest BCUT2D eigenvalue weighted by Gasteiger charge is 2.16. The lowest BCUT2D eigenvalue weighted by Crippen LogP contribution is -2.27. The summed E-state index contributed by atoms with van der Waals surface area (Å²) in [5.74, 6) is 0. The molecule has 0 radical (unpaired) electrons. The SMILES string of the molecule is Nc1ccncc1-c1ccc2c(c1)CCC(N)C2. The van der Waals surface area contributed by atoms with Crippen molar-refractivity contribution in [3.05, 3.63) is 47.8 Å². The lowest BCUT2D eigenvalue weighted by Gasteiger charge is -2.22. The van der Waals surface area contributed by atoms with E-state index in [0.717, 1.165) is 36.1 Å². The quantitative estimate of drug-likeness (QED) is 0.801. The second-order valence-corrected chi connectivity index (χ2v) is 4.95. The van der Waals surface area contributed by atoms with Crippen molar-refractivity contribution in [1.82, 2.24) is 4.98 Å². The maximum Gasteiger partial charge on any atom is 0.0424 e. The van der Waals surface area contributed by atoms with Crippen molar-refractivity contribution >= 4 is 5.69 Å². The number of fused-ring (bicyclic) bond motifs is 1. The molecule has 0 fully saturated rings. The van der Waals surface area contributed by atoms with Gasteiger partial charge in [0.25, 0.3) is 0 Å². The summed E-state index contributed by atoms with van der Waals surface area (Å²) < 4.78 is 0. The van der Waals surface area contributed by atoms with E-state index in [9.17, 15) is 0 Å². The Balaban J connectivity index is 2.03. The number of pyridine rings is 1. The van der Waals surface area contributed by atoms with Crippen LogP contribution in [0.25, 0.3) is 11.1 Å².